The summed E-state index contributed by atoms with van der Waals surface area (Å²) in [6.07, 6.45) is 3.94. The van der Waals surface area contributed by atoms with Gasteiger partial charge in [-0.2, -0.15) is 0 Å². The predicted molar refractivity (Wildman–Crippen MR) is 71.3 cm³/mol. The molecule has 0 radical (unpaired) electrons. The Hall–Kier alpha value is -1.02. The van der Waals surface area contributed by atoms with E-state index in [-0.39, 0.29) is 0 Å². The molecule has 0 spiro atoms. The van der Waals surface area contributed by atoms with Gasteiger partial charge in [-0.3, -0.25) is 0 Å². The number of nitrogens with one attached hydrogen (secondary N) is 1. The number of hydrogen-bond donors (Lipinski definition) is 1. The first-order valence-electron chi connectivity index (χ1n) is 6.45. The normalized spacial score (nSPS) is 22.6. The molecule has 2 rings (SSSR count). The van der Waals surface area contributed by atoms with Crippen molar-refractivity contribution in [1.29, 1.82) is 0 Å². The molecule has 0 bridgehead atoms. The van der Waals surface area contributed by atoms with Crippen molar-refractivity contribution in [3.63, 3.8) is 0 Å². The van der Waals surface area contributed by atoms with Crippen LogP contribution in [0.15, 0.2) is 24.3 Å². The van der Waals surface area contributed by atoms with E-state index in [1.807, 2.05) is 12.1 Å². The summed E-state index contributed by atoms with van der Waals surface area (Å²) in [4.78, 5) is 0. The van der Waals surface area contributed by atoms with E-state index < -0.39 is 0 Å². The van der Waals surface area contributed by atoms with Crippen LogP contribution < -0.4 is 10.1 Å². The highest BCUT2D eigenvalue weighted by molar-refractivity contribution is 5.27. The van der Waals surface area contributed by atoms with Gasteiger partial charge in [-0.15, -0.1) is 0 Å². The fourth-order valence-corrected chi connectivity index (χ4v) is 2.62. The van der Waals surface area contributed by atoms with E-state index in [9.17, 15) is 0 Å². The minimum atomic E-state index is 0.525. The van der Waals surface area contributed by atoms with E-state index >= 15 is 0 Å². The van der Waals surface area contributed by atoms with Crippen molar-refractivity contribution in [3.8, 4) is 5.75 Å². The largest absolute Gasteiger partial charge is 0.497 e. The molecule has 0 heterocycles. The molecule has 1 aromatic rings. The van der Waals surface area contributed by atoms with E-state index in [1.165, 1.54) is 24.8 Å². The van der Waals surface area contributed by atoms with Crippen LogP contribution in [0.25, 0.3) is 0 Å². The van der Waals surface area contributed by atoms with Crippen molar-refractivity contribution in [1.82, 2.24) is 5.32 Å². The molecular formula is C15H23NO. The zero-order chi connectivity index (χ0) is 12.3. The Balaban J connectivity index is 1.82. The Bertz CT molecular complexity index is 356. The molecule has 1 atom stereocenters. The van der Waals surface area contributed by atoms with Gasteiger partial charge in [0.1, 0.15) is 5.75 Å². The number of hydrogen-bond acceptors (Lipinski definition) is 2. The van der Waals surface area contributed by atoms with Crippen LogP contribution in [0.5, 0.6) is 5.75 Å². The van der Waals surface area contributed by atoms with Gasteiger partial charge in [-0.1, -0.05) is 26.0 Å². The zero-order valence-electron chi connectivity index (χ0n) is 11.1. The topological polar surface area (TPSA) is 21.3 Å². The monoisotopic (exact) mass is 233 g/mol. The maximum absolute atomic E-state index is 5.15. The van der Waals surface area contributed by atoms with Gasteiger partial charge in [-0.25, -0.2) is 0 Å². The highest BCUT2D eigenvalue weighted by Gasteiger charge is 2.30. The zero-order valence-corrected chi connectivity index (χ0v) is 11.1. The second-order valence-corrected chi connectivity index (χ2v) is 5.83. The molecule has 0 saturated heterocycles. The Morgan fingerprint density at radius 3 is 2.53 bits per heavy atom. The third-order valence-electron chi connectivity index (χ3n) is 3.72. The number of rotatable bonds is 4. The van der Waals surface area contributed by atoms with Gasteiger partial charge in [0.05, 0.1) is 7.11 Å². The van der Waals surface area contributed by atoms with Crippen molar-refractivity contribution >= 4 is 0 Å². The summed E-state index contributed by atoms with van der Waals surface area (Å²) in [5.74, 6) is 0.927. The Morgan fingerprint density at radius 1 is 1.29 bits per heavy atom. The smallest absolute Gasteiger partial charge is 0.118 e. The molecule has 1 saturated carbocycles. The summed E-state index contributed by atoms with van der Waals surface area (Å²) in [6.45, 7) is 5.69. The van der Waals surface area contributed by atoms with Crippen LogP contribution in [0.3, 0.4) is 0 Å². The van der Waals surface area contributed by atoms with Crippen molar-refractivity contribution in [2.24, 2.45) is 5.41 Å². The molecule has 17 heavy (non-hydrogen) atoms. The summed E-state index contributed by atoms with van der Waals surface area (Å²) >= 11 is 0. The molecule has 2 nitrogen and oxygen atoms in total. The average Bonchev–Trinajstić information content (AvgIpc) is 2.67. The first-order valence-corrected chi connectivity index (χ1v) is 6.45. The second-order valence-electron chi connectivity index (χ2n) is 5.83. The lowest BCUT2D eigenvalue weighted by molar-refractivity contribution is 0.364. The van der Waals surface area contributed by atoms with E-state index in [0.717, 1.165) is 12.3 Å². The van der Waals surface area contributed by atoms with Gasteiger partial charge in [0.25, 0.3) is 0 Å². The lowest BCUT2D eigenvalue weighted by atomic mass is 9.92. The molecule has 1 aliphatic rings. The number of benzene rings is 1. The van der Waals surface area contributed by atoms with Crippen LogP contribution in [-0.2, 0) is 6.54 Å². The highest BCUT2D eigenvalue weighted by atomic mass is 16.5. The summed E-state index contributed by atoms with van der Waals surface area (Å²) in [5.41, 5.74) is 1.85. The molecule has 94 valence electrons. The van der Waals surface area contributed by atoms with Crippen LogP contribution in [0.4, 0.5) is 0 Å². The maximum atomic E-state index is 5.15. The summed E-state index contributed by atoms with van der Waals surface area (Å²) in [7, 11) is 1.70. The average molecular weight is 233 g/mol. The van der Waals surface area contributed by atoms with E-state index in [4.69, 9.17) is 4.74 Å². The van der Waals surface area contributed by atoms with Gasteiger partial charge in [0.15, 0.2) is 0 Å². The number of methoxy groups -OCH3 is 1. The Morgan fingerprint density at radius 2 is 2.00 bits per heavy atom. The van der Waals surface area contributed by atoms with Gasteiger partial charge in [0.2, 0.25) is 0 Å². The first-order chi connectivity index (χ1) is 8.09. The van der Waals surface area contributed by atoms with Crippen molar-refractivity contribution in [2.45, 2.75) is 45.7 Å². The lowest BCUT2D eigenvalue weighted by Crippen LogP contribution is -2.26. The Kier molecular flexibility index (Phi) is 3.72. The van der Waals surface area contributed by atoms with Crippen LogP contribution in [0, 0.1) is 5.41 Å². The van der Waals surface area contributed by atoms with Gasteiger partial charge in [0, 0.05) is 12.6 Å². The molecule has 1 aliphatic carbocycles. The molecule has 1 aromatic carbocycles. The van der Waals surface area contributed by atoms with Crippen LogP contribution in [0.1, 0.15) is 38.7 Å². The lowest BCUT2D eigenvalue weighted by Gasteiger charge is -2.18. The summed E-state index contributed by atoms with van der Waals surface area (Å²) in [6, 6.07) is 9.00. The quantitative estimate of drug-likeness (QED) is 0.861. The third kappa shape index (κ3) is 3.47. The van der Waals surface area contributed by atoms with Crippen molar-refractivity contribution in [2.75, 3.05) is 7.11 Å². The molecule has 2 heteroatoms. The van der Waals surface area contributed by atoms with Crippen LogP contribution >= 0.6 is 0 Å². The molecule has 0 amide bonds. The van der Waals surface area contributed by atoms with E-state index in [1.54, 1.807) is 7.11 Å². The molecule has 1 N–H and O–H groups in total. The fourth-order valence-electron chi connectivity index (χ4n) is 2.62. The Labute approximate surface area is 104 Å². The number of ether oxygens (including phenoxy) is 1. The van der Waals surface area contributed by atoms with Crippen LogP contribution in [-0.4, -0.2) is 13.2 Å². The first kappa shape index (κ1) is 12.4. The highest BCUT2D eigenvalue weighted by Crippen LogP contribution is 2.36. The third-order valence-corrected chi connectivity index (χ3v) is 3.72. The standard InChI is InChI=1S/C15H23NO/c1-15(2)9-8-13(10-15)16-11-12-4-6-14(17-3)7-5-12/h4-7,13,16H,8-11H2,1-3H3. The molecule has 0 aromatic heterocycles. The minimum absolute atomic E-state index is 0.525. The van der Waals surface area contributed by atoms with E-state index in [2.05, 4.69) is 31.3 Å². The van der Waals surface area contributed by atoms with Crippen molar-refractivity contribution < 1.29 is 4.74 Å². The predicted octanol–water partition coefficient (Wildman–Crippen LogP) is 3.36. The fraction of sp³-hybridized carbons (Fsp3) is 0.600. The van der Waals surface area contributed by atoms with E-state index in [0.29, 0.717) is 11.5 Å². The van der Waals surface area contributed by atoms with Gasteiger partial charge >= 0.3 is 0 Å². The minimum Gasteiger partial charge on any atom is -0.497 e. The SMILES string of the molecule is COc1ccc(CNC2CCC(C)(C)C2)cc1. The summed E-state index contributed by atoms with van der Waals surface area (Å²) in [5, 5.41) is 3.65. The van der Waals surface area contributed by atoms with Gasteiger partial charge in [-0.05, 0) is 42.4 Å². The maximum Gasteiger partial charge on any atom is 0.118 e. The molecule has 0 aliphatic heterocycles. The van der Waals surface area contributed by atoms with Crippen LogP contribution in [0.2, 0.25) is 0 Å². The second kappa shape index (κ2) is 5.09. The van der Waals surface area contributed by atoms with Gasteiger partial charge < -0.3 is 10.1 Å². The molecule has 1 unspecified atom stereocenters. The molecule has 1 fully saturated rings. The summed E-state index contributed by atoms with van der Waals surface area (Å²) < 4.78 is 5.15. The van der Waals surface area contributed by atoms with Crippen molar-refractivity contribution in [3.05, 3.63) is 29.8 Å². The molecular weight excluding hydrogens is 210 g/mol.